The molecule has 1 heterocycles. The van der Waals surface area contributed by atoms with Crippen molar-refractivity contribution in [3.05, 3.63) is 28.2 Å². The van der Waals surface area contributed by atoms with E-state index in [0.29, 0.717) is 15.7 Å². The van der Waals surface area contributed by atoms with Crippen molar-refractivity contribution in [3.63, 3.8) is 0 Å². The van der Waals surface area contributed by atoms with E-state index in [0.717, 1.165) is 0 Å². The summed E-state index contributed by atoms with van der Waals surface area (Å²) < 4.78 is 0.682. The molecule has 0 saturated heterocycles. The number of nitrogens with zero attached hydrogens (tertiary/aromatic N) is 1. The molecule has 17 heavy (non-hydrogen) atoms. The molecule has 0 bridgehead atoms. The second kappa shape index (κ2) is 4.23. The molecule has 5 heteroatoms. The van der Waals surface area contributed by atoms with Gasteiger partial charge in [-0.05, 0) is 41.9 Å². The van der Waals surface area contributed by atoms with Gasteiger partial charge in [-0.2, -0.15) is 0 Å². The maximum Gasteiger partial charge on any atom is 0.299 e. The molecule has 2 unspecified atom stereocenters. The zero-order valence-corrected chi connectivity index (χ0v) is 11.1. The van der Waals surface area contributed by atoms with E-state index in [4.69, 9.17) is 0 Å². The Hall–Kier alpha value is -1.20. The third kappa shape index (κ3) is 1.79. The number of hydrogen-bond acceptors (Lipinski definition) is 3. The van der Waals surface area contributed by atoms with Crippen LogP contribution in [0.2, 0.25) is 0 Å². The molecular formula is C12H12BrNO3. The standard InChI is InChI=1S/C12H12BrNO3/c1-6(7(2)15)14-10-8(11(16)12(14)17)4-3-5-9(10)13/h3-7,15H,1-2H3. The molecule has 2 atom stereocenters. The number of carbonyl (C=O) groups excluding carboxylic acids is 2. The van der Waals surface area contributed by atoms with Crippen LogP contribution < -0.4 is 4.90 Å². The second-order valence-corrected chi connectivity index (χ2v) is 4.98. The molecule has 0 saturated carbocycles. The number of carbonyl (C=O) groups is 2. The summed E-state index contributed by atoms with van der Waals surface area (Å²) in [4.78, 5) is 25.1. The minimum atomic E-state index is -0.704. The lowest BCUT2D eigenvalue weighted by Gasteiger charge is -2.27. The van der Waals surface area contributed by atoms with Crippen LogP contribution in [0.5, 0.6) is 0 Å². The van der Waals surface area contributed by atoms with Gasteiger partial charge in [0.2, 0.25) is 0 Å². The van der Waals surface area contributed by atoms with Crippen molar-refractivity contribution in [1.82, 2.24) is 0 Å². The molecule has 0 radical (unpaired) electrons. The van der Waals surface area contributed by atoms with Crippen LogP contribution in [0.3, 0.4) is 0 Å². The average molecular weight is 298 g/mol. The number of benzene rings is 1. The second-order valence-electron chi connectivity index (χ2n) is 4.12. The van der Waals surface area contributed by atoms with E-state index in [2.05, 4.69) is 15.9 Å². The fraction of sp³-hybridized carbons (Fsp3) is 0.333. The largest absolute Gasteiger partial charge is 0.391 e. The Balaban J connectivity index is 2.58. The Bertz CT molecular complexity index is 499. The number of halogens is 1. The number of fused-ring (bicyclic) bond motifs is 1. The molecule has 1 aliphatic heterocycles. The van der Waals surface area contributed by atoms with Crippen molar-refractivity contribution >= 4 is 33.3 Å². The molecule has 0 spiro atoms. The quantitative estimate of drug-likeness (QED) is 0.846. The van der Waals surface area contributed by atoms with Gasteiger partial charge >= 0.3 is 0 Å². The third-order valence-corrected chi connectivity index (χ3v) is 3.63. The topological polar surface area (TPSA) is 57.6 Å². The van der Waals surface area contributed by atoms with Crippen molar-refractivity contribution in [2.45, 2.75) is 26.0 Å². The summed E-state index contributed by atoms with van der Waals surface area (Å²) >= 11 is 3.33. The van der Waals surface area contributed by atoms with Crippen molar-refractivity contribution in [3.8, 4) is 0 Å². The summed E-state index contributed by atoms with van der Waals surface area (Å²) in [6, 6.07) is 4.66. The molecule has 1 N–H and O–H groups in total. The first-order chi connectivity index (χ1) is 7.95. The maximum atomic E-state index is 11.9. The van der Waals surface area contributed by atoms with Gasteiger partial charge in [0.05, 0.1) is 23.4 Å². The maximum absolute atomic E-state index is 11.9. The Kier molecular flexibility index (Phi) is 3.05. The number of anilines is 1. The van der Waals surface area contributed by atoms with E-state index in [-0.39, 0.29) is 0 Å². The fourth-order valence-corrected chi connectivity index (χ4v) is 2.43. The van der Waals surface area contributed by atoms with Crippen LogP contribution in [0.4, 0.5) is 5.69 Å². The molecule has 1 aromatic carbocycles. The number of rotatable bonds is 2. The number of hydrogen-bond donors (Lipinski definition) is 1. The van der Waals surface area contributed by atoms with Crippen LogP contribution in [0, 0.1) is 0 Å². The minimum absolute atomic E-state index is 0.386. The van der Waals surface area contributed by atoms with Crippen molar-refractivity contribution in [2.75, 3.05) is 4.90 Å². The van der Waals surface area contributed by atoms with Crippen LogP contribution in [-0.2, 0) is 4.79 Å². The highest BCUT2D eigenvalue weighted by Crippen LogP contribution is 2.37. The Labute approximate surface area is 107 Å². The normalized spacial score (nSPS) is 18.2. The lowest BCUT2D eigenvalue weighted by atomic mass is 10.1. The van der Waals surface area contributed by atoms with Crippen LogP contribution in [0.25, 0.3) is 0 Å². The Morgan fingerprint density at radius 1 is 1.29 bits per heavy atom. The van der Waals surface area contributed by atoms with Gasteiger partial charge in [-0.15, -0.1) is 0 Å². The number of para-hydroxylation sites is 1. The van der Waals surface area contributed by atoms with E-state index >= 15 is 0 Å². The van der Waals surface area contributed by atoms with Gasteiger partial charge < -0.3 is 5.11 Å². The molecule has 4 nitrogen and oxygen atoms in total. The number of amides is 1. The molecule has 1 aliphatic rings. The molecule has 0 fully saturated rings. The average Bonchev–Trinajstić information content (AvgIpc) is 2.53. The SMILES string of the molecule is CC(O)C(C)N1C(=O)C(=O)c2cccc(Br)c21. The summed E-state index contributed by atoms with van der Waals surface area (Å²) in [6.45, 7) is 3.31. The van der Waals surface area contributed by atoms with Gasteiger partial charge in [-0.1, -0.05) is 6.07 Å². The zero-order valence-electron chi connectivity index (χ0n) is 9.48. The molecule has 1 aromatic rings. The number of ketones is 1. The van der Waals surface area contributed by atoms with E-state index in [1.165, 1.54) is 4.90 Å². The molecule has 1 amide bonds. The highest BCUT2D eigenvalue weighted by molar-refractivity contribution is 9.10. The minimum Gasteiger partial charge on any atom is -0.391 e. The predicted molar refractivity (Wildman–Crippen MR) is 67.1 cm³/mol. The van der Waals surface area contributed by atoms with E-state index in [1.54, 1.807) is 32.0 Å². The monoisotopic (exact) mass is 297 g/mol. The lowest BCUT2D eigenvalue weighted by molar-refractivity contribution is -0.115. The zero-order chi connectivity index (χ0) is 12.7. The van der Waals surface area contributed by atoms with E-state index in [9.17, 15) is 14.7 Å². The number of Topliss-reactive ketones (excluding diaryl/α,β-unsaturated/α-hetero) is 1. The van der Waals surface area contributed by atoms with Crippen LogP contribution in [0.15, 0.2) is 22.7 Å². The van der Waals surface area contributed by atoms with Crippen molar-refractivity contribution in [1.29, 1.82) is 0 Å². The molecule has 90 valence electrons. The Morgan fingerprint density at radius 2 is 1.94 bits per heavy atom. The molecular weight excluding hydrogens is 286 g/mol. The first-order valence-electron chi connectivity index (χ1n) is 5.29. The number of aliphatic hydroxyl groups is 1. The van der Waals surface area contributed by atoms with Crippen LogP contribution >= 0.6 is 15.9 Å². The van der Waals surface area contributed by atoms with Crippen LogP contribution in [0.1, 0.15) is 24.2 Å². The third-order valence-electron chi connectivity index (χ3n) is 2.99. The molecule has 0 aliphatic carbocycles. The highest BCUT2D eigenvalue weighted by atomic mass is 79.9. The summed E-state index contributed by atoms with van der Waals surface area (Å²) in [7, 11) is 0. The van der Waals surface area contributed by atoms with Gasteiger partial charge in [-0.3, -0.25) is 14.5 Å². The van der Waals surface area contributed by atoms with Gasteiger partial charge in [0, 0.05) is 4.47 Å². The highest BCUT2D eigenvalue weighted by Gasteiger charge is 2.40. The van der Waals surface area contributed by atoms with E-state index in [1.807, 2.05) is 0 Å². The molecule has 0 aromatic heterocycles. The van der Waals surface area contributed by atoms with E-state index < -0.39 is 23.8 Å². The molecule has 2 rings (SSSR count). The van der Waals surface area contributed by atoms with Crippen LogP contribution in [-0.4, -0.2) is 28.9 Å². The number of aliphatic hydroxyl groups excluding tert-OH is 1. The fourth-order valence-electron chi connectivity index (χ4n) is 1.87. The van der Waals surface area contributed by atoms with Crippen molar-refractivity contribution < 1.29 is 14.7 Å². The predicted octanol–water partition coefficient (Wildman–Crippen LogP) is 1.75. The van der Waals surface area contributed by atoms with Crippen molar-refractivity contribution in [2.24, 2.45) is 0 Å². The van der Waals surface area contributed by atoms with Gasteiger partial charge in [-0.25, -0.2) is 0 Å². The first-order valence-corrected chi connectivity index (χ1v) is 6.09. The lowest BCUT2D eigenvalue weighted by Crippen LogP contribution is -2.43. The summed E-state index contributed by atoms with van der Waals surface area (Å²) in [6.07, 6.45) is -0.704. The summed E-state index contributed by atoms with van der Waals surface area (Å²) in [5, 5.41) is 9.58. The summed E-state index contributed by atoms with van der Waals surface area (Å²) in [5.74, 6) is -1.10. The first kappa shape index (κ1) is 12.3. The smallest absolute Gasteiger partial charge is 0.299 e. The Morgan fingerprint density at radius 3 is 2.53 bits per heavy atom. The van der Waals surface area contributed by atoms with Gasteiger partial charge in [0.15, 0.2) is 0 Å². The van der Waals surface area contributed by atoms with Gasteiger partial charge in [0.25, 0.3) is 11.7 Å². The van der Waals surface area contributed by atoms with Gasteiger partial charge in [0.1, 0.15) is 0 Å². The summed E-state index contributed by atoms with van der Waals surface area (Å²) in [5.41, 5.74) is 0.938.